The van der Waals surface area contributed by atoms with Crippen LogP contribution in [0.4, 0.5) is 0 Å². The van der Waals surface area contributed by atoms with E-state index >= 15 is 0 Å². The maximum absolute atomic E-state index is 12.3. The standard InChI is InChI=1S/C17H25NO2/c1-16(2,3)14-8-6-13(7-9-14)15(20)18-17(12-19)10-4-5-11-17/h6-9,19H,4-5,10-12H2,1-3H3,(H,18,20). The van der Waals surface area contributed by atoms with Gasteiger partial charge in [-0.05, 0) is 36.0 Å². The van der Waals surface area contributed by atoms with E-state index in [-0.39, 0.29) is 17.9 Å². The molecule has 0 aromatic heterocycles. The number of rotatable bonds is 3. The first kappa shape index (κ1) is 15.0. The molecule has 1 fully saturated rings. The summed E-state index contributed by atoms with van der Waals surface area (Å²) in [6.07, 6.45) is 3.89. The van der Waals surface area contributed by atoms with Gasteiger partial charge in [0.1, 0.15) is 0 Å². The Balaban J connectivity index is 2.10. The van der Waals surface area contributed by atoms with Crippen LogP contribution in [0.15, 0.2) is 24.3 Å². The second kappa shape index (κ2) is 5.57. The van der Waals surface area contributed by atoms with E-state index < -0.39 is 5.54 Å². The first-order chi connectivity index (χ1) is 9.36. The van der Waals surface area contributed by atoms with Crippen molar-refractivity contribution in [2.75, 3.05) is 6.61 Å². The van der Waals surface area contributed by atoms with E-state index in [1.807, 2.05) is 24.3 Å². The summed E-state index contributed by atoms with van der Waals surface area (Å²) in [7, 11) is 0. The molecule has 0 spiro atoms. The predicted octanol–water partition coefficient (Wildman–Crippen LogP) is 3.02. The Hall–Kier alpha value is -1.35. The fourth-order valence-corrected chi connectivity index (χ4v) is 2.81. The Morgan fingerprint density at radius 2 is 1.75 bits per heavy atom. The first-order valence-electron chi connectivity index (χ1n) is 7.40. The third-order valence-electron chi connectivity index (χ3n) is 4.26. The highest BCUT2D eigenvalue weighted by Crippen LogP contribution is 2.29. The second-order valence-electron chi connectivity index (χ2n) is 6.93. The molecule has 0 aliphatic heterocycles. The molecule has 2 N–H and O–H groups in total. The van der Waals surface area contributed by atoms with Crippen LogP contribution in [0.2, 0.25) is 0 Å². The Kier molecular flexibility index (Phi) is 4.19. The van der Waals surface area contributed by atoms with Crippen molar-refractivity contribution in [3.8, 4) is 0 Å². The maximum atomic E-state index is 12.3. The molecule has 1 aliphatic carbocycles. The van der Waals surface area contributed by atoms with E-state index in [9.17, 15) is 9.90 Å². The lowest BCUT2D eigenvalue weighted by atomic mass is 9.86. The van der Waals surface area contributed by atoms with Gasteiger partial charge in [-0.2, -0.15) is 0 Å². The molecule has 0 radical (unpaired) electrons. The van der Waals surface area contributed by atoms with Crippen molar-refractivity contribution in [1.29, 1.82) is 0 Å². The number of benzene rings is 1. The second-order valence-corrected chi connectivity index (χ2v) is 6.93. The van der Waals surface area contributed by atoms with Crippen LogP contribution >= 0.6 is 0 Å². The zero-order chi connectivity index (χ0) is 14.8. The lowest BCUT2D eigenvalue weighted by Gasteiger charge is -2.28. The molecule has 1 saturated carbocycles. The van der Waals surface area contributed by atoms with Gasteiger partial charge < -0.3 is 10.4 Å². The van der Waals surface area contributed by atoms with E-state index in [0.29, 0.717) is 5.56 Å². The van der Waals surface area contributed by atoms with Gasteiger partial charge in [-0.1, -0.05) is 45.7 Å². The Morgan fingerprint density at radius 1 is 1.20 bits per heavy atom. The van der Waals surface area contributed by atoms with Gasteiger partial charge in [-0.3, -0.25) is 4.79 Å². The molecule has 0 saturated heterocycles. The quantitative estimate of drug-likeness (QED) is 0.891. The molecular weight excluding hydrogens is 250 g/mol. The third-order valence-corrected chi connectivity index (χ3v) is 4.26. The number of carbonyl (C=O) groups is 1. The Bertz CT molecular complexity index is 465. The van der Waals surface area contributed by atoms with Gasteiger partial charge in [-0.25, -0.2) is 0 Å². The van der Waals surface area contributed by atoms with Crippen molar-refractivity contribution < 1.29 is 9.90 Å². The van der Waals surface area contributed by atoms with Crippen LogP contribution in [-0.4, -0.2) is 23.2 Å². The number of nitrogens with one attached hydrogen (secondary N) is 1. The molecule has 1 aromatic carbocycles. The molecule has 110 valence electrons. The van der Waals surface area contributed by atoms with Crippen LogP contribution < -0.4 is 5.32 Å². The normalized spacial score (nSPS) is 18.0. The molecule has 0 heterocycles. The predicted molar refractivity (Wildman–Crippen MR) is 80.9 cm³/mol. The van der Waals surface area contributed by atoms with Crippen LogP contribution in [0.1, 0.15) is 62.4 Å². The zero-order valence-electron chi connectivity index (χ0n) is 12.7. The third kappa shape index (κ3) is 3.21. The largest absolute Gasteiger partial charge is 0.394 e. The highest BCUT2D eigenvalue weighted by Gasteiger charge is 2.34. The molecule has 3 nitrogen and oxygen atoms in total. The first-order valence-corrected chi connectivity index (χ1v) is 7.40. The fraction of sp³-hybridized carbons (Fsp3) is 0.588. The molecule has 0 unspecified atom stereocenters. The highest BCUT2D eigenvalue weighted by molar-refractivity contribution is 5.94. The van der Waals surface area contributed by atoms with Gasteiger partial charge in [0.25, 0.3) is 5.91 Å². The average molecular weight is 275 g/mol. The van der Waals surface area contributed by atoms with E-state index in [0.717, 1.165) is 25.7 Å². The maximum Gasteiger partial charge on any atom is 0.251 e. The summed E-state index contributed by atoms with van der Waals surface area (Å²) < 4.78 is 0. The van der Waals surface area contributed by atoms with Crippen LogP contribution in [0.3, 0.4) is 0 Å². The number of hydrogen-bond acceptors (Lipinski definition) is 2. The smallest absolute Gasteiger partial charge is 0.251 e. The molecular formula is C17H25NO2. The summed E-state index contributed by atoms with van der Waals surface area (Å²) in [4.78, 5) is 12.3. The van der Waals surface area contributed by atoms with Gasteiger partial charge in [0.15, 0.2) is 0 Å². The van der Waals surface area contributed by atoms with Crippen molar-refractivity contribution in [1.82, 2.24) is 5.32 Å². The molecule has 0 atom stereocenters. The van der Waals surface area contributed by atoms with Crippen molar-refractivity contribution in [3.63, 3.8) is 0 Å². The van der Waals surface area contributed by atoms with Gasteiger partial charge in [0, 0.05) is 5.56 Å². The summed E-state index contributed by atoms with van der Waals surface area (Å²) in [5.74, 6) is -0.0820. The van der Waals surface area contributed by atoms with Gasteiger partial charge in [0.05, 0.1) is 12.1 Å². The Morgan fingerprint density at radius 3 is 2.20 bits per heavy atom. The van der Waals surface area contributed by atoms with Crippen LogP contribution in [0.25, 0.3) is 0 Å². The number of amides is 1. The minimum atomic E-state index is -0.403. The minimum absolute atomic E-state index is 0.0266. The SMILES string of the molecule is CC(C)(C)c1ccc(C(=O)NC2(CO)CCCC2)cc1. The molecule has 1 amide bonds. The van der Waals surface area contributed by atoms with Gasteiger partial charge in [-0.15, -0.1) is 0 Å². The number of aliphatic hydroxyl groups is 1. The minimum Gasteiger partial charge on any atom is -0.394 e. The van der Waals surface area contributed by atoms with Crippen LogP contribution in [-0.2, 0) is 5.41 Å². The molecule has 0 bridgehead atoms. The summed E-state index contributed by atoms with van der Waals surface area (Å²) >= 11 is 0. The number of carbonyl (C=O) groups excluding carboxylic acids is 1. The number of aliphatic hydroxyl groups excluding tert-OH is 1. The van der Waals surface area contributed by atoms with Crippen molar-refractivity contribution in [2.45, 2.75) is 57.4 Å². The Labute approximate surface area is 121 Å². The lowest BCUT2D eigenvalue weighted by molar-refractivity contribution is 0.0838. The van der Waals surface area contributed by atoms with E-state index in [4.69, 9.17) is 0 Å². The van der Waals surface area contributed by atoms with Crippen molar-refractivity contribution in [2.24, 2.45) is 0 Å². The monoisotopic (exact) mass is 275 g/mol. The zero-order valence-corrected chi connectivity index (χ0v) is 12.7. The van der Waals surface area contributed by atoms with Crippen LogP contribution in [0.5, 0.6) is 0 Å². The molecule has 2 rings (SSSR count). The summed E-state index contributed by atoms with van der Waals surface area (Å²) in [6.45, 7) is 6.49. The fourth-order valence-electron chi connectivity index (χ4n) is 2.81. The lowest BCUT2D eigenvalue weighted by Crippen LogP contribution is -2.49. The summed E-state index contributed by atoms with van der Waals surface area (Å²) in [5.41, 5.74) is 1.57. The van der Waals surface area contributed by atoms with Crippen molar-refractivity contribution >= 4 is 5.91 Å². The molecule has 20 heavy (non-hydrogen) atoms. The van der Waals surface area contributed by atoms with E-state index in [2.05, 4.69) is 26.1 Å². The molecule has 1 aliphatic rings. The molecule has 1 aromatic rings. The topological polar surface area (TPSA) is 49.3 Å². The highest BCUT2D eigenvalue weighted by atomic mass is 16.3. The average Bonchev–Trinajstić information content (AvgIpc) is 2.87. The van der Waals surface area contributed by atoms with E-state index in [1.165, 1.54) is 5.56 Å². The van der Waals surface area contributed by atoms with Gasteiger partial charge in [0.2, 0.25) is 0 Å². The van der Waals surface area contributed by atoms with Gasteiger partial charge >= 0.3 is 0 Å². The number of hydrogen-bond donors (Lipinski definition) is 2. The van der Waals surface area contributed by atoms with Crippen molar-refractivity contribution in [3.05, 3.63) is 35.4 Å². The summed E-state index contributed by atoms with van der Waals surface area (Å²) in [6, 6.07) is 7.76. The summed E-state index contributed by atoms with van der Waals surface area (Å²) in [5, 5.41) is 12.6. The van der Waals surface area contributed by atoms with Crippen LogP contribution in [0, 0.1) is 0 Å². The molecule has 3 heteroatoms. The van der Waals surface area contributed by atoms with E-state index in [1.54, 1.807) is 0 Å².